The van der Waals surface area contributed by atoms with Gasteiger partial charge in [-0.15, -0.1) is 0 Å². The van der Waals surface area contributed by atoms with Gasteiger partial charge in [-0.2, -0.15) is 15.0 Å². The van der Waals surface area contributed by atoms with Crippen LogP contribution < -0.4 is 15.4 Å². The van der Waals surface area contributed by atoms with Crippen molar-refractivity contribution in [1.82, 2.24) is 15.0 Å². The van der Waals surface area contributed by atoms with E-state index < -0.39 is 0 Å². The molecule has 0 bridgehead atoms. The van der Waals surface area contributed by atoms with Crippen LogP contribution in [0.3, 0.4) is 0 Å². The van der Waals surface area contributed by atoms with E-state index in [0.717, 1.165) is 0 Å². The Balaban J connectivity index is 2.27. The van der Waals surface area contributed by atoms with Crippen molar-refractivity contribution >= 4 is 17.6 Å². The van der Waals surface area contributed by atoms with Crippen LogP contribution in [0.5, 0.6) is 6.01 Å². The van der Waals surface area contributed by atoms with E-state index in [-0.39, 0.29) is 17.8 Å². The number of benzene rings is 1. The first kappa shape index (κ1) is 14.0. The van der Waals surface area contributed by atoms with Crippen LogP contribution in [0.4, 0.5) is 22.0 Å². The summed E-state index contributed by atoms with van der Waals surface area (Å²) >= 11 is 0. The minimum atomic E-state index is -0.289. The largest absolute Gasteiger partial charge is 0.464 e. The van der Waals surface area contributed by atoms with Gasteiger partial charge in [-0.05, 0) is 31.5 Å². The Kier molecular flexibility index (Phi) is 4.29. The van der Waals surface area contributed by atoms with Gasteiger partial charge < -0.3 is 15.4 Å². The number of rotatable bonds is 5. The summed E-state index contributed by atoms with van der Waals surface area (Å²) in [4.78, 5) is 12.3. The van der Waals surface area contributed by atoms with E-state index in [4.69, 9.17) is 4.74 Å². The Morgan fingerprint density at radius 1 is 1.20 bits per heavy atom. The predicted molar refractivity (Wildman–Crippen MR) is 75.0 cm³/mol. The second kappa shape index (κ2) is 6.14. The molecule has 2 aromatic rings. The number of aryl methyl sites for hydroxylation is 1. The number of hydrogen-bond donors (Lipinski definition) is 2. The van der Waals surface area contributed by atoms with E-state index in [0.29, 0.717) is 23.8 Å². The van der Waals surface area contributed by atoms with Crippen LogP contribution in [0.2, 0.25) is 0 Å². The molecule has 2 rings (SSSR count). The molecule has 0 aliphatic carbocycles. The lowest BCUT2D eigenvalue weighted by atomic mass is 10.2. The molecule has 0 atom stereocenters. The fraction of sp³-hybridized carbons (Fsp3) is 0.308. The van der Waals surface area contributed by atoms with E-state index in [9.17, 15) is 4.39 Å². The standard InChI is InChI=1S/C13H16FN5O/c1-4-20-13-18-11(15-3)17-12(19-13)16-9-6-5-8(2)10(14)7-9/h5-7H,4H2,1-3H3,(H2,15,16,17,18,19). The second-order valence-corrected chi connectivity index (χ2v) is 4.04. The first-order chi connectivity index (χ1) is 9.62. The van der Waals surface area contributed by atoms with Crippen molar-refractivity contribution in [2.45, 2.75) is 13.8 Å². The van der Waals surface area contributed by atoms with Crippen molar-refractivity contribution in [3.63, 3.8) is 0 Å². The molecule has 0 amide bonds. The van der Waals surface area contributed by atoms with Crippen molar-refractivity contribution in [3.8, 4) is 6.01 Å². The Labute approximate surface area is 116 Å². The summed E-state index contributed by atoms with van der Waals surface area (Å²) in [6, 6.07) is 5.03. The monoisotopic (exact) mass is 277 g/mol. The van der Waals surface area contributed by atoms with Crippen molar-refractivity contribution < 1.29 is 9.13 Å². The zero-order chi connectivity index (χ0) is 14.5. The maximum absolute atomic E-state index is 13.5. The Bertz CT molecular complexity index is 605. The molecule has 20 heavy (non-hydrogen) atoms. The Morgan fingerprint density at radius 2 is 1.95 bits per heavy atom. The molecule has 0 spiro atoms. The zero-order valence-corrected chi connectivity index (χ0v) is 11.6. The highest BCUT2D eigenvalue weighted by atomic mass is 19.1. The van der Waals surface area contributed by atoms with Crippen molar-refractivity contribution in [3.05, 3.63) is 29.6 Å². The molecule has 6 nitrogen and oxygen atoms in total. The number of anilines is 3. The summed E-state index contributed by atoms with van der Waals surface area (Å²) < 4.78 is 18.8. The summed E-state index contributed by atoms with van der Waals surface area (Å²) in [5.74, 6) is 0.373. The average molecular weight is 277 g/mol. The molecule has 1 heterocycles. The molecule has 0 aliphatic heterocycles. The molecule has 1 aromatic carbocycles. The maximum Gasteiger partial charge on any atom is 0.323 e. The fourth-order valence-corrected chi connectivity index (χ4v) is 1.52. The van der Waals surface area contributed by atoms with Gasteiger partial charge in [-0.25, -0.2) is 4.39 Å². The maximum atomic E-state index is 13.5. The van der Waals surface area contributed by atoms with Crippen LogP contribution in [0.1, 0.15) is 12.5 Å². The number of nitrogens with zero attached hydrogens (tertiary/aromatic N) is 3. The van der Waals surface area contributed by atoms with Crippen LogP contribution in [0.25, 0.3) is 0 Å². The van der Waals surface area contributed by atoms with Gasteiger partial charge >= 0.3 is 6.01 Å². The number of aromatic nitrogens is 3. The molecule has 0 saturated carbocycles. The molecule has 106 valence electrons. The third kappa shape index (κ3) is 3.31. The van der Waals surface area contributed by atoms with Crippen LogP contribution in [-0.2, 0) is 0 Å². The van der Waals surface area contributed by atoms with Gasteiger partial charge in [0.15, 0.2) is 0 Å². The van der Waals surface area contributed by atoms with Gasteiger partial charge in [-0.1, -0.05) is 6.07 Å². The number of hydrogen-bond acceptors (Lipinski definition) is 6. The highest BCUT2D eigenvalue weighted by Crippen LogP contribution is 2.19. The average Bonchev–Trinajstić information content (AvgIpc) is 2.43. The molecule has 0 aliphatic rings. The molecule has 0 radical (unpaired) electrons. The lowest BCUT2D eigenvalue weighted by Crippen LogP contribution is -2.07. The smallest absolute Gasteiger partial charge is 0.323 e. The van der Waals surface area contributed by atoms with Gasteiger partial charge in [-0.3, -0.25) is 0 Å². The minimum absolute atomic E-state index is 0.210. The SMILES string of the molecule is CCOc1nc(NC)nc(Nc2ccc(C)c(F)c2)n1. The van der Waals surface area contributed by atoms with E-state index in [1.54, 1.807) is 26.1 Å². The first-order valence-electron chi connectivity index (χ1n) is 6.22. The third-order valence-corrected chi connectivity index (χ3v) is 2.54. The molecule has 0 fully saturated rings. The van der Waals surface area contributed by atoms with Crippen molar-refractivity contribution in [2.75, 3.05) is 24.3 Å². The van der Waals surface area contributed by atoms with E-state index >= 15 is 0 Å². The van der Waals surface area contributed by atoms with Crippen molar-refractivity contribution in [1.29, 1.82) is 0 Å². The lowest BCUT2D eigenvalue weighted by Gasteiger charge is -2.09. The van der Waals surface area contributed by atoms with Gasteiger partial charge in [0.05, 0.1) is 6.61 Å². The number of ether oxygens (including phenoxy) is 1. The minimum Gasteiger partial charge on any atom is -0.464 e. The molecular weight excluding hydrogens is 261 g/mol. The normalized spacial score (nSPS) is 10.2. The molecule has 2 N–H and O–H groups in total. The van der Waals surface area contributed by atoms with Gasteiger partial charge in [0.1, 0.15) is 5.82 Å². The predicted octanol–water partition coefficient (Wildman–Crippen LogP) is 2.50. The molecule has 7 heteroatoms. The molecule has 1 aromatic heterocycles. The van der Waals surface area contributed by atoms with Gasteiger partial charge in [0.25, 0.3) is 0 Å². The fourth-order valence-electron chi connectivity index (χ4n) is 1.52. The summed E-state index contributed by atoms with van der Waals surface area (Å²) in [6.07, 6.45) is 0. The summed E-state index contributed by atoms with van der Waals surface area (Å²) in [5, 5.41) is 5.74. The highest BCUT2D eigenvalue weighted by Gasteiger charge is 2.07. The topological polar surface area (TPSA) is 72.0 Å². The van der Waals surface area contributed by atoms with Gasteiger partial charge in [0.2, 0.25) is 11.9 Å². The van der Waals surface area contributed by atoms with Crippen LogP contribution in [-0.4, -0.2) is 28.6 Å². The third-order valence-electron chi connectivity index (χ3n) is 2.54. The number of halogens is 1. The summed E-state index contributed by atoms with van der Waals surface area (Å²) in [7, 11) is 1.69. The Morgan fingerprint density at radius 3 is 2.60 bits per heavy atom. The van der Waals surface area contributed by atoms with Crippen LogP contribution in [0.15, 0.2) is 18.2 Å². The zero-order valence-electron chi connectivity index (χ0n) is 11.6. The summed E-state index contributed by atoms with van der Waals surface area (Å²) in [5.41, 5.74) is 1.14. The second-order valence-electron chi connectivity index (χ2n) is 4.04. The van der Waals surface area contributed by atoms with Crippen molar-refractivity contribution in [2.24, 2.45) is 0 Å². The van der Waals surface area contributed by atoms with E-state index in [1.165, 1.54) is 6.07 Å². The van der Waals surface area contributed by atoms with Crippen LogP contribution in [0, 0.1) is 12.7 Å². The molecule has 0 unspecified atom stereocenters. The van der Waals surface area contributed by atoms with E-state index in [2.05, 4.69) is 25.6 Å². The highest BCUT2D eigenvalue weighted by molar-refractivity contribution is 5.55. The molecule has 0 saturated heterocycles. The lowest BCUT2D eigenvalue weighted by molar-refractivity contribution is 0.312. The number of nitrogens with one attached hydrogen (secondary N) is 2. The van der Waals surface area contributed by atoms with Gasteiger partial charge in [0, 0.05) is 12.7 Å². The van der Waals surface area contributed by atoms with E-state index in [1.807, 2.05) is 6.92 Å². The quantitative estimate of drug-likeness (QED) is 0.875. The summed E-state index contributed by atoms with van der Waals surface area (Å²) in [6.45, 7) is 3.99. The Hall–Kier alpha value is -2.44. The molecular formula is C13H16FN5O. The first-order valence-corrected chi connectivity index (χ1v) is 6.22. The van der Waals surface area contributed by atoms with Crippen LogP contribution >= 0.6 is 0 Å².